The number of aromatic nitrogens is 3. The SMILES string of the molecule is CC1(C)c2ccccc2Sc2cc(-c3ccc4ccccc4c3-c3nc(-c4ccccc4)nc(-c4ccccc4)n3)ccc21. The molecule has 8 rings (SSSR count). The van der Waals surface area contributed by atoms with Gasteiger partial charge in [0.1, 0.15) is 0 Å². The van der Waals surface area contributed by atoms with Crippen LogP contribution >= 0.6 is 11.8 Å². The van der Waals surface area contributed by atoms with Crippen LogP contribution in [0.2, 0.25) is 0 Å². The number of hydrogen-bond donors (Lipinski definition) is 0. The lowest BCUT2D eigenvalue weighted by Gasteiger charge is -2.34. The molecule has 1 aromatic heterocycles. The van der Waals surface area contributed by atoms with E-state index in [1.54, 1.807) is 0 Å². The first-order valence-corrected chi connectivity index (χ1v) is 15.7. The van der Waals surface area contributed by atoms with Crippen molar-refractivity contribution in [1.82, 2.24) is 15.0 Å². The van der Waals surface area contributed by atoms with E-state index in [1.165, 1.54) is 20.9 Å². The monoisotopic (exact) mass is 583 g/mol. The average Bonchev–Trinajstić information content (AvgIpc) is 3.08. The van der Waals surface area contributed by atoms with Crippen LogP contribution in [0.5, 0.6) is 0 Å². The second-order valence-electron chi connectivity index (χ2n) is 11.7. The molecule has 0 unspecified atom stereocenters. The van der Waals surface area contributed by atoms with Crippen LogP contribution in [0.25, 0.3) is 56.1 Å². The first-order valence-electron chi connectivity index (χ1n) is 14.9. The van der Waals surface area contributed by atoms with E-state index in [2.05, 4.69) is 117 Å². The van der Waals surface area contributed by atoms with Gasteiger partial charge in [-0.05, 0) is 45.2 Å². The zero-order chi connectivity index (χ0) is 29.7. The lowest BCUT2D eigenvalue weighted by molar-refractivity contribution is 0.607. The average molecular weight is 584 g/mol. The molecule has 0 saturated heterocycles. The van der Waals surface area contributed by atoms with Crippen LogP contribution in [0.15, 0.2) is 149 Å². The minimum absolute atomic E-state index is 0.0781. The third-order valence-corrected chi connectivity index (χ3v) is 9.73. The summed E-state index contributed by atoms with van der Waals surface area (Å²) in [4.78, 5) is 17.9. The highest BCUT2D eigenvalue weighted by Crippen LogP contribution is 2.50. The molecule has 0 aliphatic carbocycles. The van der Waals surface area contributed by atoms with Gasteiger partial charge in [-0.1, -0.05) is 153 Å². The second kappa shape index (κ2) is 10.6. The molecule has 0 spiro atoms. The summed E-state index contributed by atoms with van der Waals surface area (Å²) in [5.74, 6) is 1.99. The first kappa shape index (κ1) is 26.6. The zero-order valence-corrected chi connectivity index (χ0v) is 25.3. The van der Waals surface area contributed by atoms with Crippen LogP contribution < -0.4 is 0 Å². The predicted molar refractivity (Wildman–Crippen MR) is 182 cm³/mol. The van der Waals surface area contributed by atoms with Gasteiger partial charge in [-0.25, -0.2) is 15.0 Å². The Morgan fingerprint density at radius 1 is 0.477 bits per heavy atom. The van der Waals surface area contributed by atoms with Gasteiger partial charge in [0.05, 0.1) is 0 Å². The van der Waals surface area contributed by atoms with Crippen LogP contribution in [-0.4, -0.2) is 15.0 Å². The van der Waals surface area contributed by atoms with Crippen molar-refractivity contribution in [3.63, 3.8) is 0 Å². The number of rotatable bonds is 4. The lowest BCUT2D eigenvalue weighted by atomic mass is 9.77. The van der Waals surface area contributed by atoms with Crippen molar-refractivity contribution in [3.05, 3.63) is 151 Å². The molecule has 0 atom stereocenters. The molecular weight excluding hydrogens is 555 g/mol. The van der Waals surface area contributed by atoms with Crippen LogP contribution in [0, 0.1) is 0 Å². The quantitative estimate of drug-likeness (QED) is 0.207. The molecule has 210 valence electrons. The molecule has 1 aliphatic rings. The highest BCUT2D eigenvalue weighted by atomic mass is 32.2. The fourth-order valence-corrected chi connectivity index (χ4v) is 7.74. The second-order valence-corrected chi connectivity index (χ2v) is 12.8. The van der Waals surface area contributed by atoms with E-state index in [9.17, 15) is 0 Å². The van der Waals surface area contributed by atoms with Gasteiger partial charge < -0.3 is 0 Å². The molecule has 2 heterocycles. The fourth-order valence-electron chi connectivity index (χ4n) is 6.30. The molecule has 7 aromatic rings. The van der Waals surface area contributed by atoms with E-state index in [4.69, 9.17) is 15.0 Å². The summed E-state index contributed by atoms with van der Waals surface area (Å²) >= 11 is 1.86. The fraction of sp³-hybridized carbons (Fsp3) is 0.0750. The molecule has 0 N–H and O–H groups in total. The normalized spacial score (nSPS) is 13.3. The Labute approximate surface area is 261 Å². The molecule has 0 radical (unpaired) electrons. The summed E-state index contributed by atoms with van der Waals surface area (Å²) in [6.45, 7) is 4.65. The van der Waals surface area contributed by atoms with Crippen LogP contribution in [0.3, 0.4) is 0 Å². The van der Waals surface area contributed by atoms with Gasteiger partial charge in [0.25, 0.3) is 0 Å². The van der Waals surface area contributed by atoms with Gasteiger partial charge in [-0.15, -0.1) is 0 Å². The van der Waals surface area contributed by atoms with Crippen LogP contribution in [0.1, 0.15) is 25.0 Å². The summed E-state index contributed by atoms with van der Waals surface area (Å²) in [7, 11) is 0. The topological polar surface area (TPSA) is 38.7 Å². The van der Waals surface area contributed by atoms with Gasteiger partial charge in [-0.2, -0.15) is 0 Å². The standard InChI is InChI=1S/C40H29N3S/c1-40(2)32-19-11-12-20-34(32)44-35-25-29(22-24-33(35)40)31-23-21-26-13-9-10-18-30(26)36(31)39-42-37(27-14-5-3-6-15-27)41-38(43-39)28-16-7-4-8-17-28/h3-25H,1-2H3. The largest absolute Gasteiger partial charge is 0.208 e. The third kappa shape index (κ3) is 4.50. The van der Waals surface area contributed by atoms with Gasteiger partial charge in [0, 0.05) is 31.9 Å². The minimum Gasteiger partial charge on any atom is -0.208 e. The zero-order valence-electron chi connectivity index (χ0n) is 24.5. The van der Waals surface area contributed by atoms with Crippen molar-refractivity contribution in [3.8, 4) is 45.3 Å². The molecule has 0 bridgehead atoms. The Morgan fingerprint density at radius 2 is 1.07 bits per heavy atom. The Hall–Kier alpha value is -5.06. The summed E-state index contributed by atoms with van der Waals surface area (Å²) in [5, 5.41) is 2.27. The Balaban J connectivity index is 1.37. The van der Waals surface area contributed by atoms with Crippen molar-refractivity contribution in [1.29, 1.82) is 0 Å². The van der Waals surface area contributed by atoms with Crippen molar-refractivity contribution in [2.45, 2.75) is 29.1 Å². The van der Waals surface area contributed by atoms with Gasteiger partial charge in [-0.3, -0.25) is 0 Å². The molecule has 4 heteroatoms. The lowest BCUT2D eigenvalue weighted by Crippen LogP contribution is -2.23. The van der Waals surface area contributed by atoms with Crippen molar-refractivity contribution < 1.29 is 0 Å². The van der Waals surface area contributed by atoms with E-state index >= 15 is 0 Å². The predicted octanol–water partition coefficient (Wildman–Crippen LogP) is 10.5. The summed E-state index contributed by atoms with van der Waals surface area (Å²) in [5.41, 5.74) is 7.84. The van der Waals surface area contributed by atoms with Gasteiger partial charge >= 0.3 is 0 Å². The Morgan fingerprint density at radius 3 is 1.80 bits per heavy atom. The molecule has 0 amide bonds. The molecule has 1 aliphatic heterocycles. The third-order valence-electron chi connectivity index (χ3n) is 8.60. The maximum atomic E-state index is 5.15. The van der Waals surface area contributed by atoms with E-state index in [1.807, 2.05) is 48.2 Å². The first-order chi connectivity index (χ1) is 21.6. The molecule has 6 aromatic carbocycles. The van der Waals surface area contributed by atoms with E-state index in [0.29, 0.717) is 17.5 Å². The van der Waals surface area contributed by atoms with E-state index in [0.717, 1.165) is 38.6 Å². The van der Waals surface area contributed by atoms with Gasteiger partial charge in [0.15, 0.2) is 17.5 Å². The van der Waals surface area contributed by atoms with Crippen molar-refractivity contribution >= 4 is 22.5 Å². The summed E-state index contributed by atoms with van der Waals surface area (Å²) < 4.78 is 0. The summed E-state index contributed by atoms with van der Waals surface area (Å²) in [6.07, 6.45) is 0. The van der Waals surface area contributed by atoms with Crippen molar-refractivity contribution in [2.75, 3.05) is 0 Å². The van der Waals surface area contributed by atoms with E-state index < -0.39 is 0 Å². The molecule has 44 heavy (non-hydrogen) atoms. The number of fused-ring (bicyclic) bond motifs is 3. The maximum Gasteiger partial charge on any atom is 0.165 e. The number of benzene rings is 6. The highest BCUT2D eigenvalue weighted by molar-refractivity contribution is 7.99. The van der Waals surface area contributed by atoms with Crippen LogP contribution in [0.4, 0.5) is 0 Å². The molecule has 3 nitrogen and oxygen atoms in total. The Bertz CT molecular complexity index is 2110. The minimum atomic E-state index is -0.0781. The van der Waals surface area contributed by atoms with Gasteiger partial charge in [0.2, 0.25) is 0 Å². The molecular formula is C40H29N3S. The smallest absolute Gasteiger partial charge is 0.165 e. The molecule has 0 saturated carbocycles. The number of hydrogen-bond acceptors (Lipinski definition) is 4. The van der Waals surface area contributed by atoms with Crippen LogP contribution in [-0.2, 0) is 5.41 Å². The Kier molecular flexibility index (Phi) is 6.39. The summed E-state index contributed by atoms with van der Waals surface area (Å²) in [6, 6.07) is 49.0. The van der Waals surface area contributed by atoms with E-state index in [-0.39, 0.29) is 5.41 Å². The number of nitrogens with zero attached hydrogens (tertiary/aromatic N) is 3. The molecule has 0 fully saturated rings. The maximum absolute atomic E-state index is 5.15. The highest BCUT2D eigenvalue weighted by Gasteiger charge is 2.33. The van der Waals surface area contributed by atoms with Crippen molar-refractivity contribution in [2.24, 2.45) is 0 Å².